The van der Waals surface area contributed by atoms with Gasteiger partial charge in [0.1, 0.15) is 0 Å². The van der Waals surface area contributed by atoms with Crippen molar-refractivity contribution < 1.29 is 4.74 Å². The van der Waals surface area contributed by atoms with Gasteiger partial charge in [0.2, 0.25) is 0 Å². The van der Waals surface area contributed by atoms with Crippen LogP contribution in [0, 0.1) is 0 Å². The molecule has 0 aromatic carbocycles. The molecule has 4 nitrogen and oxygen atoms in total. The summed E-state index contributed by atoms with van der Waals surface area (Å²) in [6, 6.07) is 1.09. The SMILES string of the molecule is COc1cnn(C(C)C)c1CNC1CC1. The van der Waals surface area contributed by atoms with Crippen LogP contribution in [-0.2, 0) is 6.54 Å². The van der Waals surface area contributed by atoms with Crippen LogP contribution in [0.25, 0.3) is 0 Å². The van der Waals surface area contributed by atoms with Crippen LogP contribution in [-0.4, -0.2) is 22.9 Å². The Labute approximate surface area is 90.6 Å². The molecule has 0 radical (unpaired) electrons. The summed E-state index contributed by atoms with van der Waals surface area (Å²) in [6.45, 7) is 5.12. The van der Waals surface area contributed by atoms with E-state index < -0.39 is 0 Å². The number of rotatable bonds is 5. The van der Waals surface area contributed by atoms with Gasteiger partial charge in [-0.15, -0.1) is 0 Å². The minimum atomic E-state index is 0.380. The van der Waals surface area contributed by atoms with Crippen molar-refractivity contribution in [3.8, 4) is 5.75 Å². The van der Waals surface area contributed by atoms with Gasteiger partial charge in [-0.1, -0.05) is 0 Å². The Balaban J connectivity index is 2.11. The highest BCUT2D eigenvalue weighted by Crippen LogP contribution is 2.24. The van der Waals surface area contributed by atoms with Gasteiger partial charge < -0.3 is 10.1 Å². The quantitative estimate of drug-likeness (QED) is 0.802. The molecule has 0 atom stereocenters. The highest BCUT2D eigenvalue weighted by Gasteiger charge is 2.22. The van der Waals surface area contributed by atoms with E-state index in [1.54, 1.807) is 13.3 Å². The molecule has 1 saturated carbocycles. The lowest BCUT2D eigenvalue weighted by Gasteiger charge is -2.12. The number of nitrogens with zero attached hydrogens (tertiary/aromatic N) is 2. The van der Waals surface area contributed by atoms with Gasteiger partial charge in [-0.2, -0.15) is 5.10 Å². The van der Waals surface area contributed by atoms with Gasteiger partial charge in [-0.3, -0.25) is 4.68 Å². The maximum absolute atomic E-state index is 5.31. The third kappa shape index (κ3) is 2.31. The standard InChI is InChI=1S/C11H19N3O/c1-8(2)14-10(6-12-9-4-5-9)11(15-3)7-13-14/h7-9,12H,4-6H2,1-3H3. The molecule has 0 saturated heterocycles. The monoisotopic (exact) mass is 209 g/mol. The third-order valence-corrected chi connectivity index (χ3v) is 2.70. The zero-order chi connectivity index (χ0) is 10.8. The van der Waals surface area contributed by atoms with Gasteiger partial charge in [0, 0.05) is 18.6 Å². The van der Waals surface area contributed by atoms with Gasteiger partial charge in [0.25, 0.3) is 0 Å². The Morgan fingerprint density at radius 1 is 1.60 bits per heavy atom. The first-order chi connectivity index (χ1) is 7.22. The lowest BCUT2D eigenvalue weighted by atomic mass is 10.3. The lowest BCUT2D eigenvalue weighted by Crippen LogP contribution is -2.19. The van der Waals surface area contributed by atoms with E-state index in [0.717, 1.165) is 18.0 Å². The third-order valence-electron chi connectivity index (χ3n) is 2.70. The smallest absolute Gasteiger partial charge is 0.161 e. The van der Waals surface area contributed by atoms with Crippen molar-refractivity contribution in [3.63, 3.8) is 0 Å². The van der Waals surface area contributed by atoms with E-state index in [9.17, 15) is 0 Å². The predicted octanol–water partition coefficient (Wildman–Crippen LogP) is 1.72. The minimum absolute atomic E-state index is 0.380. The average Bonchev–Trinajstić information content (AvgIpc) is 2.93. The molecule has 4 heteroatoms. The van der Waals surface area contributed by atoms with Crippen LogP contribution >= 0.6 is 0 Å². The molecule has 1 N–H and O–H groups in total. The van der Waals surface area contributed by atoms with Crippen molar-refractivity contribution in [1.82, 2.24) is 15.1 Å². The highest BCUT2D eigenvalue weighted by molar-refractivity contribution is 5.25. The van der Waals surface area contributed by atoms with Crippen molar-refractivity contribution in [2.24, 2.45) is 0 Å². The molecule has 1 aromatic rings. The fourth-order valence-corrected chi connectivity index (χ4v) is 1.68. The summed E-state index contributed by atoms with van der Waals surface area (Å²) in [4.78, 5) is 0. The summed E-state index contributed by atoms with van der Waals surface area (Å²) in [5.41, 5.74) is 1.15. The van der Waals surface area contributed by atoms with E-state index in [-0.39, 0.29) is 0 Å². The molecule has 0 unspecified atom stereocenters. The summed E-state index contributed by atoms with van der Waals surface area (Å²) >= 11 is 0. The molecule has 0 amide bonds. The molecule has 0 bridgehead atoms. The number of methoxy groups -OCH3 is 1. The molecular formula is C11H19N3O. The molecule has 0 aliphatic heterocycles. The molecular weight excluding hydrogens is 190 g/mol. The molecule has 15 heavy (non-hydrogen) atoms. The second-order valence-electron chi connectivity index (χ2n) is 4.35. The maximum Gasteiger partial charge on any atom is 0.161 e. The van der Waals surface area contributed by atoms with Crippen LogP contribution in [0.1, 0.15) is 38.4 Å². The van der Waals surface area contributed by atoms with Crippen LogP contribution in [0.4, 0.5) is 0 Å². The average molecular weight is 209 g/mol. The summed E-state index contributed by atoms with van der Waals surface area (Å²) in [7, 11) is 1.70. The Morgan fingerprint density at radius 2 is 2.33 bits per heavy atom. The number of aromatic nitrogens is 2. The minimum Gasteiger partial charge on any atom is -0.493 e. The van der Waals surface area contributed by atoms with Gasteiger partial charge in [0.15, 0.2) is 5.75 Å². The molecule has 1 heterocycles. The van der Waals surface area contributed by atoms with Gasteiger partial charge in [-0.25, -0.2) is 0 Å². The number of nitrogens with one attached hydrogen (secondary N) is 1. The first kappa shape index (κ1) is 10.5. The molecule has 1 fully saturated rings. The van der Waals surface area contributed by atoms with E-state index in [1.807, 2.05) is 4.68 Å². The van der Waals surface area contributed by atoms with Gasteiger partial charge in [0.05, 0.1) is 19.0 Å². The Morgan fingerprint density at radius 3 is 2.87 bits per heavy atom. The first-order valence-electron chi connectivity index (χ1n) is 5.56. The van der Waals surface area contributed by atoms with Crippen LogP contribution in [0.5, 0.6) is 5.75 Å². The van der Waals surface area contributed by atoms with Gasteiger partial charge in [-0.05, 0) is 26.7 Å². The Kier molecular flexibility index (Phi) is 2.95. The second-order valence-corrected chi connectivity index (χ2v) is 4.35. The second kappa shape index (κ2) is 4.23. The Hall–Kier alpha value is -1.03. The lowest BCUT2D eigenvalue weighted by molar-refractivity contribution is 0.400. The molecule has 1 aliphatic rings. The van der Waals surface area contributed by atoms with Crippen LogP contribution in [0.3, 0.4) is 0 Å². The number of hydrogen-bond donors (Lipinski definition) is 1. The van der Waals surface area contributed by atoms with E-state index >= 15 is 0 Å². The summed E-state index contributed by atoms with van der Waals surface area (Å²) < 4.78 is 7.33. The normalized spacial score (nSPS) is 16.0. The van der Waals surface area contributed by atoms with E-state index in [0.29, 0.717) is 12.1 Å². The van der Waals surface area contributed by atoms with Crippen molar-refractivity contribution in [2.45, 2.75) is 45.3 Å². The van der Waals surface area contributed by atoms with Crippen LogP contribution in [0.15, 0.2) is 6.20 Å². The van der Waals surface area contributed by atoms with Crippen molar-refractivity contribution in [3.05, 3.63) is 11.9 Å². The van der Waals surface area contributed by atoms with Crippen molar-refractivity contribution in [2.75, 3.05) is 7.11 Å². The van der Waals surface area contributed by atoms with E-state index in [1.165, 1.54) is 12.8 Å². The van der Waals surface area contributed by atoms with Crippen molar-refractivity contribution >= 4 is 0 Å². The van der Waals surface area contributed by atoms with E-state index in [4.69, 9.17) is 4.74 Å². The van der Waals surface area contributed by atoms with Crippen LogP contribution < -0.4 is 10.1 Å². The Bertz CT molecular complexity index is 329. The maximum atomic E-state index is 5.31. The predicted molar refractivity (Wildman–Crippen MR) is 59.0 cm³/mol. The highest BCUT2D eigenvalue weighted by atomic mass is 16.5. The van der Waals surface area contributed by atoms with Crippen LogP contribution in [0.2, 0.25) is 0 Å². The molecule has 1 aromatic heterocycles. The van der Waals surface area contributed by atoms with Gasteiger partial charge >= 0.3 is 0 Å². The fourth-order valence-electron chi connectivity index (χ4n) is 1.68. The molecule has 1 aliphatic carbocycles. The zero-order valence-electron chi connectivity index (χ0n) is 9.66. The zero-order valence-corrected chi connectivity index (χ0v) is 9.66. The number of ether oxygens (including phenoxy) is 1. The fraction of sp³-hybridized carbons (Fsp3) is 0.727. The largest absolute Gasteiger partial charge is 0.493 e. The molecule has 2 rings (SSSR count). The van der Waals surface area contributed by atoms with Crippen molar-refractivity contribution in [1.29, 1.82) is 0 Å². The molecule has 84 valence electrons. The molecule has 0 spiro atoms. The first-order valence-corrected chi connectivity index (χ1v) is 5.56. The summed E-state index contributed by atoms with van der Waals surface area (Å²) in [5.74, 6) is 0.886. The van der Waals surface area contributed by atoms with E-state index in [2.05, 4.69) is 24.3 Å². The number of hydrogen-bond acceptors (Lipinski definition) is 3. The summed E-state index contributed by atoms with van der Waals surface area (Å²) in [6.07, 6.45) is 4.40. The summed E-state index contributed by atoms with van der Waals surface area (Å²) in [5, 5.41) is 7.82. The topological polar surface area (TPSA) is 39.1 Å².